The second-order valence-electron chi connectivity index (χ2n) is 6.67. The maximum Gasteiger partial charge on any atom is 0.227 e. The molecular formula is C21H25N3OS. The van der Waals surface area contributed by atoms with Crippen LogP contribution in [0.4, 0.5) is 11.4 Å². The van der Waals surface area contributed by atoms with E-state index in [9.17, 15) is 4.79 Å². The Bertz CT molecular complexity index is 788. The zero-order chi connectivity index (χ0) is 18.5. The third-order valence-corrected chi connectivity index (χ3v) is 4.90. The van der Waals surface area contributed by atoms with E-state index in [-0.39, 0.29) is 11.9 Å². The number of nitrogens with one attached hydrogen (secondary N) is 2. The van der Waals surface area contributed by atoms with E-state index in [1.807, 2.05) is 29.2 Å². The van der Waals surface area contributed by atoms with Crippen molar-refractivity contribution in [3.63, 3.8) is 0 Å². The highest BCUT2D eigenvalue weighted by molar-refractivity contribution is 7.80. The van der Waals surface area contributed by atoms with Crippen LogP contribution in [0.15, 0.2) is 48.5 Å². The van der Waals surface area contributed by atoms with Crippen LogP contribution in [0.5, 0.6) is 0 Å². The maximum atomic E-state index is 11.9. The second kappa shape index (κ2) is 8.32. The first-order valence-corrected chi connectivity index (χ1v) is 9.52. The van der Waals surface area contributed by atoms with Gasteiger partial charge in [0.1, 0.15) is 0 Å². The van der Waals surface area contributed by atoms with Gasteiger partial charge in [0, 0.05) is 24.3 Å². The van der Waals surface area contributed by atoms with Gasteiger partial charge in [0.25, 0.3) is 0 Å². The molecule has 26 heavy (non-hydrogen) atoms. The average molecular weight is 368 g/mol. The number of carbonyl (C=O) groups is 1. The van der Waals surface area contributed by atoms with E-state index in [0.717, 1.165) is 30.8 Å². The third-order valence-electron chi connectivity index (χ3n) is 4.68. The first kappa shape index (κ1) is 18.4. The lowest BCUT2D eigenvalue weighted by molar-refractivity contribution is -0.117. The fourth-order valence-corrected chi connectivity index (χ4v) is 3.48. The van der Waals surface area contributed by atoms with Gasteiger partial charge in [-0.2, -0.15) is 0 Å². The zero-order valence-corrected chi connectivity index (χ0v) is 16.1. The molecule has 1 heterocycles. The number of amides is 1. The monoisotopic (exact) mass is 367 g/mol. The Kier molecular flexibility index (Phi) is 5.89. The molecule has 0 spiro atoms. The lowest BCUT2D eigenvalue weighted by Crippen LogP contribution is -2.32. The van der Waals surface area contributed by atoms with Crippen LogP contribution in [-0.2, 0) is 4.79 Å². The molecule has 2 aromatic rings. The first-order chi connectivity index (χ1) is 12.6. The number of anilines is 2. The average Bonchev–Trinajstić information content (AvgIpc) is 3.07. The number of aryl methyl sites for hydroxylation is 1. The van der Waals surface area contributed by atoms with Crippen LogP contribution in [0.1, 0.15) is 43.4 Å². The van der Waals surface area contributed by atoms with E-state index in [1.54, 1.807) is 0 Å². The third kappa shape index (κ3) is 4.41. The van der Waals surface area contributed by atoms with Crippen molar-refractivity contribution in [2.24, 2.45) is 0 Å². The minimum absolute atomic E-state index is 0.166. The molecule has 4 nitrogen and oxygen atoms in total. The van der Waals surface area contributed by atoms with Crippen molar-refractivity contribution >= 4 is 34.6 Å². The molecule has 2 aromatic carbocycles. The summed E-state index contributed by atoms with van der Waals surface area (Å²) in [7, 11) is 0. The van der Waals surface area contributed by atoms with Crippen molar-refractivity contribution in [1.82, 2.24) is 5.32 Å². The Labute approximate surface area is 160 Å². The highest BCUT2D eigenvalue weighted by atomic mass is 32.1. The molecule has 1 aliphatic rings. The summed E-state index contributed by atoms with van der Waals surface area (Å²) in [5.74, 6) is 0.188. The molecule has 1 amide bonds. The largest absolute Gasteiger partial charge is 0.356 e. The van der Waals surface area contributed by atoms with E-state index < -0.39 is 0 Å². The number of nitrogens with zero attached hydrogens (tertiary/aromatic N) is 1. The van der Waals surface area contributed by atoms with Gasteiger partial charge < -0.3 is 15.5 Å². The molecule has 0 aromatic heterocycles. The van der Waals surface area contributed by atoms with Crippen molar-refractivity contribution in [1.29, 1.82) is 0 Å². The lowest BCUT2D eigenvalue weighted by atomic mass is 10.0. The van der Waals surface area contributed by atoms with Crippen LogP contribution in [0.2, 0.25) is 0 Å². The van der Waals surface area contributed by atoms with E-state index >= 15 is 0 Å². The molecule has 136 valence electrons. The first-order valence-electron chi connectivity index (χ1n) is 9.11. The van der Waals surface area contributed by atoms with Gasteiger partial charge in [0.05, 0.1) is 6.04 Å². The summed E-state index contributed by atoms with van der Waals surface area (Å²) in [6.45, 7) is 5.01. The van der Waals surface area contributed by atoms with Gasteiger partial charge in [-0.15, -0.1) is 0 Å². The molecule has 3 rings (SSSR count). The summed E-state index contributed by atoms with van der Waals surface area (Å²) in [6, 6.07) is 16.5. The minimum atomic E-state index is 0.166. The van der Waals surface area contributed by atoms with E-state index in [4.69, 9.17) is 12.2 Å². The normalized spacial score (nSPS) is 15.0. The van der Waals surface area contributed by atoms with Crippen molar-refractivity contribution < 1.29 is 4.79 Å². The second-order valence-corrected chi connectivity index (χ2v) is 7.08. The van der Waals surface area contributed by atoms with E-state index in [1.165, 1.54) is 11.1 Å². The predicted octanol–water partition coefficient (Wildman–Crippen LogP) is 4.56. The quantitative estimate of drug-likeness (QED) is 0.761. The van der Waals surface area contributed by atoms with Gasteiger partial charge in [-0.05, 0) is 55.7 Å². The van der Waals surface area contributed by atoms with Crippen LogP contribution in [0.25, 0.3) is 0 Å². The van der Waals surface area contributed by atoms with E-state index in [0.29, 0.717) is 11.5 Å². The van der Waals surface area contributed by atoms with Gasteiger partial charge in [-0.25, -0.2) is 0 Å². The number of benzene rings is 2. The molecule has 0 bridgehead atoms. The van der Waals surface area contributed by atoms with Crippen molar-refractivity contribution in [3.05, 3.63) is 59.7 Å². The summed E-state index contributed by atoms with van der Waals surface area (Å²) in [5, 5.41) is 7.22. The van der Waals surface area contributed by atoms with Gasteiger partial charge in [-0.1, -0.05) is 42.8 Å². The Morgan fingerprint density at radius 1 is 1.23 bits per heavy atom. The molecule has 1 unspecified atom stereocenters. The Balaban J connectivity index is 1.65. The Morgan fingerprint density at radius 3 is 2.65 bits per heavy atom. The smallest absolute Gasteiger partial charge is 0.227 e. The molecule has 0 saturated carbocycles. The predicted molar refractivity (Wildman–Crippen MR) is 112 cm³/mol. The fourth-order valence-electron chi connectivity index (χ4n) is 3.22. The SMILES string of the molecule is CCC(NC(=S)Nc1cccc(N2CCCC2=O)c1)c1ccc(C)cc1. The summed E-state index contributed by atoms with van der Waals surface area (Å²) in [4.78, 5) is 13.8. The number of hydrogen-bond acceptors (Lipinski definition) is 2. The number of rotatable bonds is 5. The molecule has 0 radical (unpaired) electrons. The molecule has 0 aliphatic carbocycles. The fraction of sp³-hybridized carbons (Fsp3) is 0.333. The molecular weight excluding hydrogens is 342 g/mol. The van der Waals surface area contributed by atoms with Crippen LogP contribution in [0.3, 0.4) is 0 Å². The van der Waals surface area contributed by atoms with Gasteiger partial charge >= 0.3 is 0 Å². The summed E-state index contributed by atoms with van der Waals surface area (Å²) >= 11 is 5.50. The standard InChI is InChI=1S/C21H25N3OS/c1-3-19(16-11-9-15(2)10-12-16)23-21(26)22-17-6-4-7-18(14-17)24-13-5-8-20(24)25/h4,6-7,9-12,14,19H,3,5,8,13H2,1-2H3,(H2,22,23,26). The number of thiocarbonyl (C=S) groups is 1. The summed E-state index contributed by atoms with van der Waals surface area (Å²) < 4.78 is 0. The van der Waals surface area contributed by atoms with Gasteiger partial charge in [0.15, 0.2) is 5.11 Å². The Morgan fingerprint density at radius 2 is 2.00 bits per heavy atom. The molecule has 1 aliphatic heterocycles. The van der Waals surface area contributed by atoms with Crippen LogP contribution in [0, 0.1) is 6.92 Å². The van der Waals surface area contributed by atoms with Crippen molar-refractivity contribution in [2.45, 2.75) is 39.2 Å². The zero-order valence-electron chi connectivity index (χ0n) is 15.3. The van der Waals surface area contributed by atoms with Crippen molar-refractivity contribution in [3.8, 4) is 0 Å². The van der Waals surface area contributed by atoms with Crippen LogP contribution in [-0.4, -0.2) is 17.6 Å². The van der Waals surface area contributed by atoms with Crippen molar-refractivity contribution in [2.75, 3.05) is 16.8 Å². The number of carbonyl (C=O) groups excluding carboxylic acids is 1. The van der Waals surface area contributed by atoms with Gasteiger partial charge in [-0.3, -0.25) is 4.79 Å². The van der Waals surface area contributed by atoms with E-state index in [2.05, 4.69) is 48.7 Å². The molecule has 1 atom stereocenters. The highest BCUT2D eigenvalue weighted by Gasteiger charge is 2.21. The molecule has 1 fully saturated rings. The van der Waals surface area contributed by atoms with Gasteiger partial charge in [0.2, 0.25) is 5.91 Å². The van der Waals surface area contributed by atoms with Crippen LogP contribution < -0.4 is 15.5 Å². The molecule has 2 N–H and O–H groups in total. The Hall–Kier alpha value is -2.40. The highest BCUT2D eigenvalue weighted by Crippen LogP contribution is 2.24. The van der Waals surface area contributed by atoms with Crippen LogP contribution >= 0.6 is 12.2 Å². The minimum Gasteiger partial charge on any atom is -0.356 e. The number of hydrogen-bond donors (Lipinski definition) is 2. The molecule has 5 heteroatoms. The maximum absolute atomic E-state index is 11.9. The topological polar surface area (TPSA) is 44.4 Å². The summed E-state index contributed by atoms with van der Waals surface area (Å²) in [6.07, 6.45) is 2.49. The lowest BCUT2D eigenvalue weighted by Gasteiger charge is -2.21. The summed E-state index contributed by atoms with van der Waals surface area (Å²) in [5.41, 5.74) is 4.28. The molecule has 1 saturated heterocycles.